The summed E-state index contributed by atoms with van der Waals surface area (Å²) >= 11 is 5.68. The Balaban J connectivity index is 3.25. The number of hydrogen-bond donors (Lipinski definition) is 2. The molecule has 1 atom stereocenters. The van der Waals surface area contributed by atoms with Crippen LogP contribution in [0.4, 0.5) is 4.39 Å². The number of carboxylic acids is 1. The minimum absolute atomic E-state index is 0.0435. The number of carboxylic acid groups (broad SMARTS) is 1. The summed E-state index contributed by atoms with van der Waals surface area (Å²) in [5.41, 5.74) is 6.23. The molecule has 0 fully saturated rings. The van der Waals surface area contributed by atoms with E-state index in [1.54, 1.807) is 6.92 Å². The van der Waals surface area contributed by atoms with Crippen molar-refractivity contribution in [3.05, 3.63) is 34.1 Å². The Morgan fingerprint density at radius 3 is 2.73 bits per heavy atom. The zero-order chi connectivity index (χ0) is 11.6. The first-order valence-corrected chi connectivity index (χ1v) is 4.74. The van der Waals surface area contributed by atoms with E-state index in [0.717, 1.165) is 6.07 Å². The normalized spacial score (nSPS) is 12.5. The van der Waals surface area contributed by atoms with Crippen LogP contribution in [0, 0.1) is 12.7 Å². The highest BCUT2D eigenvalue weighted by Gasteiger charge is 2.21. The minimum Gasteiger partial charge on any atom is -0.481 e. The molecule has 0 radical (unpaired) electrons. The third-order valence-electron chi connectivity index (χ3n) is 2.29. The van der Waals surface area contributed by atoms with Gasteiger partial charge in [0.25, 0.3) is 0 Å². The lowest BCUT2D eigenvalue weighted by Gasteiger charge is -2.14. The van der Waals surface area contributed by atoms with Gasteiger partial charge in [-0.15, -0.1) is 0 Å². The second-order valence-corrected chi connectivity index (χ2v) is 3.58. The van der Waals surface area contributed by atoms with Crippen molar-refractivity contribution in [3.63, 3.8) is 0 Å². The number of nitrogens with two attached hydrogens (primary N) is 1. The van der Waals surface area contributed by atoms with Crippen molar-refractivity contribution in [2.75, 3.05) is 6.54 Å². The van der Waals surface area contributed by atoms with Crippen LogP contribution in [-0.2, 0) is 4.79 Å². The standard InChI is InChI=1S/C10H11ClFNO2/c1-5-6(7(4-13)10(14)15)2-3-8(12)9(5)11/h2-3,7H,4,13H2,1H3,(H,14,15). The van der Waals surface area contributed by atoms with Crippen LogP contribution in [0.1, 0.15) is 17.0 Å². The SMILES string of the molecule is Cc1c(C(CN)C(=O)O)ccc(F)c1Cl. The van der Waals surface area contributed by atoms with Crippen LogP contribution in [0.2, 0.25) is 5.02 Å². The molecule has 0 aliphatic heterocycles. The van der Waals surface area contributed by atoms with Gasteiger partial charge in [0.1, 0.15) is 5.82 Å². The molecule has 0 heterocycles. The first-order chi connectivity index (χ1) is 6.99. The highest BCUT2D eigenvalue weighted by Crippen LogP contribution is 2.27. The molecule has 1 rings (SSSR count). The van der Waals surface area contributed by atoms with Crippen molar-refractivity contribution in [1.82, 2.24) is 0 Å². The second kappa shape index (κ2) is 4.59. The largest absolute Gasteiger partial charge is 0.481 e. The molecule has 0 aromatic heterocycles. The Bertz CT molecular complexity index is 395. The molecule has 1 unspecified atom stereocenters. The Kier molecular flexibility index (Phi) is 3.66. The average Bonchev–Trinajstić information content (AvgIpc) is 2.18. The Morgan fingerprint density at radius 2 is 2.27 bits per heavy atom. The quantitative estimate of drug-likeness (QED) is 0.835. The summed E-state index contributed by atoms with van der Waals surface area (Å²) < 4.78 is 13.0. The van der Waals surface area contributed by atoms with Crippen LogP contribution in [-0.4, -0.2) is 17.6 Å². The van der Waals surface area contributed by atoms with Gasteiger partial charge >= 0.3 is 5.97 Å². The summed E-state index contributed by atoms with van der Waals surface area (Å²) in [5, 5.41) is 8.85. The van der Waals surface area contributed by atoms with Gasteiger partial charge in [0, 0.05) is 6.54 Å². The van der Waals surface area contributed by atoms with Crippen LogP contribution in [0.5, 0.6) is 0 Å². The molecule has 0 saturated heterocycles. The van der Waals surface area contributed by atoms with Crippen molar-refractivity contribution in [1.29, 1.82) is 0 Å². The molecule has 3 N–H and O–H groups in total. The van der Waals surface area contributed by atoms with Gasteiger partial charge in [-0.3, -0.25) is 4.79 Å². The summed E-state index contributed by atoms with van der Waals surface area (Å²) in [6, 6.07) is 2.55. The maximum atomic E-state index is 13.0. The van der Waals surface area contributed by atoms with Crippen molar-refractivity contribution < 1.29 is 14.3 Å². The Morgan fingerprint density at radius 1 is 1.67 bits per heavy atom. The fraction of sp³-hybridized carbons (Fsp3) is 0.300. The van der Waals surface area contributed by atoms with Gasteiger partial charge < -0.3 is 10.8 Å². The van der Waals surface area contributed by atoms with Gasteiger partial charge in [0.05, 0.1) is 10.9 Å². The smallest absolute Gasteiger partial charge is 0.312 e. The van der Waals surface area contributed by atoms with Crippen LogP contribution < -0.4 is 5.73 Å². The molecule has 3 nitrogen and oxygen atoms in total. The zero-order valence-corrected chi connectivity index (χ0v) is 8.88. The van der Waals surface area contributed by atoms with E-state index in [9.17, 15) is 9.18 Å². The maximum absolute atomic E-state index is 13.0. The fourth-order valence-electron chi connectivity index (χ4n) is 1.41. The molecule has 0 aliphatic rings. The summed E-state index contributed by atoms with van der Waals surface area (Å²) in [5.74, 6) is -2.44. The molecule has 1 aromatic rings. The second-order valence-electron chi connectivity index (χ2n) is 3.20. The Labute approximate surface area is 91.7 Å². The molecule has 0 aliphatic carbocycles. The van der Waals surface area contributed by atoms with Crippen molar-refractivity contribution in [2.24, 2.45) is 5.73 Å². The van der Waals surface area contributed by atoms with E-state index in [-0.39, 0.29) is 11.6 Å². The number of rotatable bonds is 3. The predicted molar refractivity (Wildman–Crippen MR) is 55.6 cm³/mol. The van der Waals surface area contributed by atoms with Gasteiger partial charge in [-0.25, -0.2) is 4.39 Å². The highest BCUT2D eigenvalue weighted by molar-refractivity contribution is 6.31. The molecule has 15 heavy (non-hydrogen) atoms. The van der Waals surface area contributed by atoms with Gasteiger partial charge in [-0.2, -0.15) is 0 Å². The van der Waals surface area contributed by atoms with Gasteiger partial charge in [0.2, 0.25) is 0 Å². The number of aliphatic carboxylic acids is 1. The molecular weight excluding hydrogens is 221 g/mol. The van der Waals surface area contributed by atoms with Gasteiger partial charge in [0.15, 0.2) is 0 Å². The van der Waals surface area contributed by atoms with E-state index in [2.05, 4.69) is 0 Å². The molecule has 0 saturated carbocycles. The van der Waals surface area contributed by atoms with Crippen LogP contribution >= 0.6 is 11.6 Å². The first kappa shape index (κ1) is 11.9. The molecule has 0 amide bonds. The van der Waals surface area contributed by atoms with Crippen LogP contribution in [0.3, 0.4) is 0 Å². The fourth-order valence-corrected chi connectivity index (χ4v) is 1.58. The van der Waals surface area contributed by atoms with E-state index in [4.69, 9.17) is 22.4 Å². The van der Waals surface area contributed by atoms with E-state index in [1.165, 1.54) is 6.07 Å². The van der Waals surface area contributed by atoms with Crippen LogP contribution in [0.15, 0.2) is 12.1 Å². The lowest BCUT2D eigenvalue weighted by atomic mass is 9.95. The van der Waals surface area contributed by atoms with E-state index >= 15 is 0 Å². The zero-order valence-electron chi connectivity index (χ0n) is 8.13. The summed E-state index contributed by atoms with van der Waals surface area (Å²) in [7, 11) is 0. The maximum Gasteiger partial charge on any atom is 0.312 e. The number of halogens is 2. The Hall–Kier alpha value is -1.13. The number of benzene rings is 1. The minimum atomic E-state index is -1.04. The van der Waals surface area contributed by atoms with Crippen molar-refractivity contribution >= 4 is 17.6 Å². The molecule has 0 spiro atoms. The predicted octanol–water partition coefficient (Wildman–Crippen LogP) is 1.91. The van der Waals surface area contributed by atoms with E-state index in [0.29, 0.717) is 11.1 Å². The summed E-state index contributed by atoms with van der Waals surface area (Å²) in [4.78, 5) is 10.9. The lowest BCUT2D eigenvalue weighted by molar-refractivity contribution is -0.138. The molecule has 0 bridgehead atoms. The molecular formula is C10H11ClFNO2. The van der Waals surface area contributed by atoms with Gasteiger partial charge in [-0.05, 0) is 24.1 Å². The monoisotopic (exact) mass is 231 g/mol. The average molecular weight is 232 g/mol. The lowest BCUT2D eigenvalue weighted by Crippen LogP contribution is -2.22. The van der Waals surface area contributed by atoms with Gasteiger partial charge in [-0.1, -0.05) is 17.7 Å². The van der Waals surface area contributed by atoms with E-state index in [1.807, 2.05) is 0 Å². The number of carbonyl (C=O) groups is 1. The third kappa shape index (κ3) is 2.27. The summed E-state index contributed by atoms with van der Waals surface area (Å²) in [6.07, 6.45) is 0. The topological polar surface area (TPSA) is 63.3 Å². The molecule has 1 aromatic carbocycles. The molecule has 5 heteroatoms. The summed E-state index contributed by atoms with van der Waals surface area (Å²) in [6.45, 7) is 1.53. The van der Waals surface area contributed by atoms with Crippen molar-refractivity contribution in [3.8, 4) is 0 Å². The molecule has 82 valence electrons. The van der Waals surface area contributed by atoms with Crippen molar-refractivity contribution in [2.45, 2.75) is 12.8 Å². The number of hydrogen-bond acceptors (Lipinski definition) is 2. The highest BCUT2D eigenvalue weighted by atomic mass is 35.5. The third-order valence-corrected chi connectivity index (χ3v) is 2.75. The first-order valence-electron chi connectivity index (χ1n) is 4.36. The van der Waals surface area contributed by atoms with E-state index < -0.39 is 17.7 Å². The van der Waals surface area contributed by atoms with Crippen LogP contribution in [0.25, 0.3) is 0 Å².